The van der Waals surface area contributed by atoms with Crippen LogP contribution in [0.4, 0.5) is 10.3 Å². The summed E-state index contributed by atoms with van der Waals surface area (Å²) >= 11 is 3.53. The van der Waals surface area contributed by atoms with Crippen LogP contribution in [0.15, 0.2) is 83.3 Å². The van der Waals surface area contributed by atoms with Gasteiger partial charge in [0.25, 0.3) is 0 Å². The minimum atomic E-state index is -0.241. The number of hydrogen-bond donors (Lipinski definition) is 1. The third-order valence-electron chi connectivity index (χ3n) is 4.77. The van der Waals surface area contributed by atoms with Gasteiger partial charge in [-0.05, 0) is 53.6 Å². The predicted octanol–water partition coefficient (Wildman–Crippen LogP) is 5.99. The molecule has 1 aliphatic heterocycles. The van der Waals surface area contributed by atoms with Gasteiger partial charge in [-0.1, -0.05) is 52.3 Å². The molecule has 0 unspecified atom stereocenters. The third kappa shape index (κ3) is 2.84. The lowest BCUT2D eigenvalue weighted by Crippen LogP contribution is -2.19. The molecule has 0 saturated heterocycles. The number of aromatic nitrogens is 2. The standard InChI is InChI=1S/C22H15BrFN3/c23-16-7-3-5-14(11-16)19-13-21(15-6-4-8-17(24)12-15)27-20-10-2-1-9-18(20)25-22(27)26-19/h1-13,21H,(H,25,26)/t21-/m1/s1. The quantitative estimate of drug-likeness (QED) is 0.432. The first-order valence-corrected chi connectivity index (χ1v) is 9.45. The van der Waals surface area contributed by atoms with Crippen LogP contribution in [-0.4, -0.2) is 9.55 Å². The summed E-state index contributed by atoms with van der Waals surface area (Å²) in [5.41, 5.74) is 4.80. The van der Waals surface area contributed by atoms with E-state index in [0.29, 0.717) is 0 Å². The van der Waals surface area contributed by atoms with Gasteiger partial charge in [-0.15, -0.1) is 0 Å². The van der Waals surface area contributed by atoms with Crippen molar-refractivity contribution in [3.05, 3.63) is 100 Å². The fourth-order valence-corrected chi connectivity index (χ4v) is 3.97. The fraction of sp³-hybridized carbons (Fsp3) is 0.0455. The van der Waals surface area contributed by atoms with Gasteiger partial charge in [-0.2, -0.15) is 0 Å². The molecule has 0 spiro atoms. The summed E-state index contributed by atoms with van der Waals surface area (Å²) in [5, 5.41) is 3.44. The maximum absolute atomic E-state index is 13.9. The van der Waals surface area contributed by atoms with Gasteiger partial charge in [0.15, 0.2) is 0 Å². The number of benzene rings is 3. The van der Waals surface area contributed by atoms with Crippen molar-refractivity contribution in [1.29, 1.82) is 0 Å². The molecule has 1 aromatic heterocycles. The number of anilines is 1. The van der Waals surface area contributed by atoms with Crippen molar-refractivity contribution in [2.24, 2.45) is 0 Å². The summed E-state index contributed by atoms with van der Waals surface area (Å²) < 4.78 is 17.1. The van der Waals surface area contributed by atoms with Crippen LogP contribution in [-0.2, 0) is 0 Å². The van der Waals surface area contributed by atoms with Gasteiger partial charge >= 0.3 is 0 Å². The van der Waals surface area contributed by atoms with Gasteiger partial charge in [-0.3, -0.25) is 4.57 Å². The van der Waals surface area contributed by atoms with E-state index in [9.17, 15) is 4.39 Å². The van der Waals surface area contributed by atoms with Crippen LogP contribution in [0.1, 0.15) is 17.2 Å². The Hall–Kier alpha value is -2.92. The monoisotopic (exact) mass is 419 g/mol. The highest BCUT2D eigenvalue weighted by molar-refractivity contribution is 9.10. The molecule has 0 fully saturated rings. The van der Waals surface area contributed by atoms with Crippen LogP contribution in [0.5, 0.6) is 0 Å². The topological polar surface area (TPSA) is 29.9 Å². The molecule has 1 atom stereocenters. The molecule has 0 saturated carbocycles. The van der Waals surface area contributed by atoms with E-state index in [2.05, 4.69) is 38.0 Å². The van der Waals surface area contributed by atoms with Crippen molar-refractivity contribution in [2.45, 2.75) is 6.04 Å². The highest BCUT2D eigenvalue weighted by atomic mass is 79.9. The minimum Gasteiger partial charge on any atom is -0.325 e. The first kappa shape index (κ1) is 16.3. The average Bonchev–Trinajstić information content (AvgIpc) is 3.06. The summed E-state index contributed by atoms with van der Waals surface area (Å²) in [5.74, 6) is 0.511. The zero-order chi connectivity index (χ0) is 18.4. The molecule has 0 bridgehead atoms. The highest BCUT2D eigenvalue weighted by Gasteiger charge is 2.25. The van der Waals surface area contributed by atoms with Crippen molar-refractivity contribution in [2.75, 3.05) is 5.32 Å². The van der Waals surface area contributed by atoms with E-state index < -0.39 is 0 Å². The smallest absolute Gasteiger partial charge is 0.209 e. The second kappa shape index (κ2) is 6.35. The van der Waals surface area contributed by atoms with Gasteiger partial charge in [0.1, 0.15) is 5.82 Å². The number of hydrogen-bond acceptors (Lipinski definition) is 2. The molecule has 3 nitrogen and oxygen atoms in total. The largest absolute Gasteiger partial charge is 0.325 e. The number of allylic oxidation sites excluding steroid dienone is 1. The molecule has 4 aromatic rings. The number of fused-ring (bicyclic) bond motifs is 3. The molecule has 0 radical (unpaired) electrons. The number of halogens is 2. The van der Waals surface area contributed by atoms with Gasteiger partial charge in [0, 0.05) is 10.2 Å². The molecular formula is C22H15BrFN3. The van der Waals surface area contributed by atoms with E-state index in [1.807, 2.05) is 48.5 Å². The molecule has 1 N–H and O–H groups in total. The summed E-state index contributed by atoms with van der Waals surface area (Å²) in [6.07, 6.45) is 2.12. The van der Waals surface area contributed by atoms with Crippen LogP contribution < -0.4 is 5.32 Å². The number of imidazole rings is 1. The molecule has 5 rings (SSSR count). The molecular weight excluding hydrogens is 405 g/mol. The zero-order valence-corrected chi connectivity index (χ0v) is 15.8. The Morgan fingerprint density at radius 1 is 0.963 bits per heavy atom. The lowest BCUT2D eigenvalue weighted by molar-refractivity contribution is 0.619. The van der Waals surface area contributed by atoms with Crippen LogP contribution in [0.3, 0.4) is 0 Å². The summed E-state index contributed by atoms with van der Waals surface area (Å²) in [6.45, 7) is 0. The first-order valence-electron chi connectivity index (χ1n) is 8.66. The Labute approximate surface area is 164 Å². The highest BCUT2D eigenvalue weighted by Crippen LogP contribution is 2.37. The maximum atomic E-state index is 13.9. The van der Waals surface area contributed by atoms with Crippen molar-refractivity contribution < 1.29 is 4.39 Å². The summed E-state index contributed by atoms with van der Waals surface area (Å²) in [6, 6.07) is 22.7. The lowest BCUT2D eigenvalue weighted by Gasteiger charge is -2.26. The van der Waals surface area contributed by atoms with E-state index in [4.69, 9.17) is 4.98 Å². The molecule has 0 aliphatic carbocycles. The van der Waals surface area contributed by atoms with Crippen LogP contribution >= 0.6 is 15.9 Å². The number of nitrogens with one attached hydrogen (secondary N) is 1. The molecule has 132 valence electrons. The van der Waals surface area contributed by atoms with E-state index in [0.717, 1.165) is 38.3 Å². The summed E-state index contributed by atoms with van der Waals surface area (Å²) in [7, 11) is 0. The van der Waals surface area contributed by atoms with Crippen LogP contribution in [0, 0.1) is 5.82 Å². The van der Waals surface area contributed by atoms with Crippen molar-refractivity contribution in [3.63, 3.8) is 0 Å². The van der Waals surface area contributed by atoms with Gasteiger partial charge in [0.05, 0.1) is 17.1 Å². The Morgan fingerprint density at radius 3 is 2.67 bits per heavy atom. The van der Waals surface area contributed by atoms with Crippen molar-refractivity contribution in [3.8, 4) is 0 Å². The minimum absolute atomic E-state index is 0.154. The van der Waals surface area contributed by atoms with Gasteiger partial charge < -0.3 is 5.32 Å². The van der Waals surface area contributed by atoms with Crippen LogP contribution in [0.2, 0.25) is 0 Å². The van der Waals surface area contributed by atoms with Crippen LogP contribution in [0.25, 0.3) is 16.7 Å². The number of rotatable bonds is 2. The molecule has 3 aromatic carbocycles. The van der Waals surface area contributed by atoms with E-state index in [1.54, 1.807) is 12.1 Å². The lowest BCUT2D eigenvalue weighted by atomic mass is 10.0. The Balaban J connectivity index is 1.74. The molecule has 1 aliphatic rings. The Morgan fingerprint density at radius 2 is 1.81 bits per heavy atom. The molecule has 27 heavy (non-hydrogen) atoms. The molecule has 0 amide bonds. The Kier molecular flexibility index (Phi) is 3.83. The average molecular weight is 420 g/mol. The second-order valence-corrected chi connectivity index (χ2v) is 7.43. The maximum Gasteiger partial charge on any atom is 0.209 e. The fourth-order valence-electron chi connectivity index (χ4n) is 3.57. The summed E-state index contributed by atoms with van der Waals surface area (Å²) in [4.78, 5) is 4.76. The van der Waals surface area contributed by atoms with E-state index >= 15 is 0 Å². The van der Waals surface area contributed by atoms with Crippen molar-refractivity contribution in [1.82, 2.24) is 9.55 Å². The normalized spacial score (nSPS) is 15.9. The zero-order valence-electron chi connectivity index (χ0n) is 14.2. The SMILES string of the molecule is Fc1cccc([C@H]2C=C(c3cccc(Br)c3)Nc3nc4ccccc4n32)c1. The Bertz CT molecular complexity index is 1200. The van der Waals surface area contributed by atoms with Gasteiger partial charge in [-0.25, -0.2) is 9.37 Å². The number of para-hydroxylation sites is 2. The number of nitrogens with zero attached hydrogens (tertiary/aromatic N) is 2. The van der Waals surface area contributed by atoms with E-state index in [1.165, 1.54) is 6.07 Å². The van der Waals surface area contributed by atoms with Crippen molar-refractivity contribution >= 4 is 38.6 Å². The van der Waals surface area contributed by atoms with Gasteiger partial charge in [0.2, 0.25) is 5.95 Å². The first-order chi connectivity index (χ1) is 13.2. The third-order valence-corrected chi connectivity index (χ3v) is 5.26. The molecule has 2 heterocycles. The second-order valence-electron chi connectivity index (χ2n) is 6.51. The van der Waals surface area contributed by atoms with E-state index in [-0.39, 0.29) is 11.9 Å². The molecule has 5 heteroatoms. The predicted molar refractivity (Wildman–Crippen MR) is 110 cm³/mol.